The fourth-order valence-corrected chi connectivity index (χ4v) is 5.56. The molecule has 0 amide bonds. The van der Waals surface area contributed by atoms with E-state index in [1.807, 2.05) is 25.1 Å². The molecule has 0 bridgehead atoms. The molecule has 1 heterocycles. The molecule has 170 valence electrons. The summed E-state index contributed by atoms with van der Waals surface area (Å²) >= 11 is 0. The summed E-state index contributed by atoms with van der Waals surface area (Å²) in [6, 6.07) is 23.9. The molecular formula is C27H27FN2O2S. The highest BCUT2D eigenvalue weighted by Crippen LogP contribution is 2.45. The first-order valence-electron chi connectivity index (χ1n) is 11.0. The van der Waals surface area contributed by atoms with Gasteiger partial charge in [0.15, 0.2) is 9.84 Å². The Balaban J connectivity index is 1.85. The van der Waals surface area contributed by atoms with Crippen LogP contribution in [0.25, 0.3) is 11.1 Å². The lowest BCUT2D eigenvalue weighted by molar-refractivity contribution is 0.219. The average Bonchev–Trinajstić information content (AvgIpc) is 2.80. The molecule has 3 atom stereocenters. The molecule has 0 aliphatic carbocycles. The molecule has 1 N–H and O–H groups in total. The second-order valence-corrected chi connectivity index (χ2v) is 11.0. The molecule has 33 heavy (non-hydrogen) atoms. The Morgan fingerprint density at radius 2 is 1.79 bits per heavy atom. The number of nitriles is 1. The van der Waals surface area contributed by atoms with E-state index in [4.69, 9.17) is 0 Å². The number of hydrogen-bond acceptors (Lipinski definition) is 4. The Morgan fingerprint density at radius 3 is 2.42 bits per heavy atom. The maximum absolute atomic E-state index is 14.6. The van der Waals surface area contributed by atoms with Gasteiger partial charge in [-0.3, -0.25) is 0 Å². The molecule has 6 heteroatoms. The summed E-state index contributed by atoms with van der Waals surface area (Å²) in [7, 11) is -3.33. The molecule has 3 aromatic carbocycles. The third kappa shape index (κ3) is 4.71. The van der Waals surface area contributed by atoms with Gasteiger partial charge in [-0.1, -0.05) is 48.5 Å². The highest BCUT2D eigenvalue weighted by molar-refractivity contribution is 7.90. The summed E-state index contributed by atoms with van der Waals surface area (Å²) in [5.41, 5.74) is 2.41. The van der Waals surface area contributed by atoms with Crippen LogP contribution in [0, 0.1) is 23.1 Å². The number of piperidine rings is 1. The van der Waals surface area contributed by atoms with E-state index in [-0.39, 0.29) is 22.7 Å². The number of benzene rings is 3. The van der Waals surface area contributed by atoms with Gasteiger partial charge < -0.3 is 5.32 Å². The lowest BCUT2D eigenvalue weighted by Gasteiger charge is -2.43. The van der Waals surface area contributed by atoms with E-state index in [1.165, 1.54) is 18.4 Å². The zero-order valence-corrected chi connectivity index (χ0v) is 19.6. The van der Waals surface area contributed by atoms with Crippen molar-refractivity contribution in [2.24, 2.45) is 5.92 Å². The van der Waals surface area contributed by atoms with Crippen molar-refractivity contribution in [1.29, 1.82) is 5.26 Å². The van der Waals surface area contributed by atoms with Crippen molar-refractivity contribution in [2.75, 3.05) is 12.8 Å². The summed E-state index contributed by atoms with van der Waals surface area (Å²) in [6.45, 7) is 2.69. The SMILES string of the molecule is C[C@@H]1CC(C#N)(c2cc(F)ccc2-c2ccc(S(C)(=O)=O)cc2)[C@H](Cc2ccccc2)CN1. The molecule has 3 aromatic rings. The highest BCUT2D eigenvalue weighted by Gasteiger charge is 2.46. The zero-order valence-electron chi connectivity index (χ0n) is 18.8. The normalized spacial score (nSPS) is 23.1. The van der Waals surface area contributed by atoms with Crippen LogP contribution in [-0.2, 0) is 21.7 Å². The zero-order chi connectivity index (χ0) is 23.6. The van der Waals surface area contributed by atoms with Crippen LogP contribution in [-0.4, -0.2) is 27.3 Å². The Kier molecular flexibility index (Phi) is 6.38. The lowest BCUT2D eigenvalue weighted by atomic mass is 9.62. The van der Waals surface area contributed by atoms with E-state index >= 15 is 0 Å². The van der Waals surface area contributed by atoms with Crippen molar-refractivity contribution >= 4 is 9.84 Å². The Morgan fingerprint density at radius 1 is 1.09 bits per heavy atom. The molecule has 1 fully saturated rings. The largest absolute Gasteiger partial charge is 0.314 e. The van der Waals surface area contributed by atoms with Gasteiger partial charge in [0.25, 0.3) is 0 Å². The van der Waals surface area contributed by atoms with Crippen LogP contribution in [0.4, 0.5) is 4.39 Å². The molecule has 4 rings (SSSR count). The molecule has 1 saturated heterocycles. The monoisotopic (exact) mass is 462 g/mol. The highest BCUT2D eigenvalue weighted by atomic mass is 32.2. The number of halogens is 1. The first-order valence-corrected chi connectivity index (χ1v) is 12.9. The van der Waals surface area contributed by atoms with E-state index in [2.05, 4.69) is 23.5 Å². The van der Waals surface area contributed by atoms with Crippen molar-refractivity contribution in [3.05, 3.63) is 89.7 Å². The number of sulfone groups is 1. The summed E-state index contributed by atoms with van der Waals surface area (Å²) < 4.78 is 38.4. The summed E-state index contributed by atoms with van der Waals surface area (Å²) in [6.07, 6.45) is 2.41. The van der Waals surface area contributed by atoms with Crippen LogP contribution >= 0.6 is 0 Å². The van der Waals surface area contributed by atoms with Gasteiger partial charge in [-0.25, -0.2) is 12.8 Å². The van der Waals surface area contributed by atoms with Gasteiger partial charge in [-0.2, -0.15) is 5.26 Å². The quantitative estimate of drug-likeness (QED) is 0.586. The second kappa shape index (κ2) is 9.09. The van der Waals surface area contributed by atoms with Gasteiger partial charge in [0.2, 0.25) is 0 Å². The molecule has 4 nitrogen and oxygen atoms in total. The Hall–Kier alpha value is -3.01. The molecular weight excluding hydrogens is 435 g/mol. The predicted octanol–water partition coefficient (Wildman–Crippen LogP) is 4.90. The fourth-order valence-electron chi connectivity index (χ4n) is 4.93. The smallest absolute Gasteiger partial charge is 0.175 e. The van der Waals surface area contributed by atoms with Crippen LogP contribution in [0.2, 0.25) is 0 Å². The standard InChI is InChI=1S/C27H27FN2O2S/c1-19-16-27(18-29,22(17-30-19)14-20-6-4-3-5-7-20)26-15-23(28)10-13-25(26)21-8-11-24(12-9-21)33(2,31)32/h3-13,15,19,22,30H,14,16-17H2,1-2H3/t19-,22-,27?/m1/s1. The summed E-state index contributed by atoms with van der Waals surface area (Å²) in [4.78, 5) is 0.224. The second-order valence-electron chi connectivity index (χ2n) is 8.97. The van der Waals surface area contributed by atoms with Crippen molar-refractivity contribution in [3.8, 4) is 17.2 Å². The van der Waals surface area contributed by atoms with Crippen LogP contribution in [0.3, 0.4) is 0 Å². The van der Waals surface area contributed by atoms with E-state index in [0.29, 0.717) is 24.9 Å². The third-order valence-corrected chi connectivity index (χ3v) is 7.75. The van der Waals surface area contributed by atoms with Crippen molar-refractivity contribution < 1.29 is 12.8 Å². The molecule has 1 aliphatic heterocycles. The first kappa shape index (κ1) is 23.2. The van der Waals surface area contributed by atoms with Crippen molar-refractivity contribution in [2.45, 2.75) is 36.1 Å². The topological polar surface area (TPSA) is 70.0 Å². The molecule has 0 aromatic heterocycles. The minimum atomic E-state index is -3.33. The summed E-state index contributed by atoms with van der Waals surface area (Å²) in [5.74, 6) is -0.447. The molecule has 0 radical (unpaired) electrons. The van der Waals surface area contributed by atoms with E-state index in [1.54, 1.807) is 30.3 Å². The Bertz CT molecular complexity index is 1280. The van der Waals surface area contributed by atoms with Gasteiger partial charge in [-0.15, -0.1) is 0 Å². The average molecular weight is 463 g/mol. The van der Waals surface area contributed by atoms with Gasteiger partial charge in [0.1, 0.15) is 5.82 Å². The molecule has 0 saturated carbocycles. The van der Waals surface area contributed by atoms with Crippen molar-refractivity contribution in [3.63, 3.8) is 0 Å². The van der Waals surface area contributed by atoms with E-state index in [9.17, 15) is 18.1 Å². The van der Waals surface area contributed by atoms with Gasteiger partial charge in [0.05, 0.1) is 16.4 Å². The van der Waals surface area contributed by atoms with Gasteiger partial charge in [0, 0.05) is 18.8 Å². The lowest BCUT2D eigenvalue weighted by Crippen LogP contribution is -2.52. The minimum absolute atomic E-state index is 0.0584. The van der Waals surface area contributed by atoms with E-state index < -0.39 is 15.3 Å². The molecule has 1 unspecified atom stereocenters. The van der Waals surface area contributed by atoms with Gasteiger partial charge >= 0.3 is 0 Å². The number of nitrogens with zero attached hydrogens (tertiary/aromatic N) is 1. The fraction of sp³-hybridized carbons (Fsp3) is 0.296. The van der Waals surface area contributed by atoms with Gasteiger partial charge in [-0.05, 0) is 72.2 Å². The van der Waals surface area contributed by atoms with Crippen molar-refractivity contribution in [1.82, 2.24) is 5.32 Å². The number of nitrogens with one attached hydrogen (secondary N) is 1. The summed E-state index contributed by atoms with van der Waals surface area (Å²) in [5, 5.41) is 14.1. The maximum atomic E-state index is 14.6. The minimum Gasteiger partial charge on any atom is -0.314 e. The predicted molar refractivity (Wildman–Crippen MR) is 128 cm³/mol. The number of hydrogen-bond donors (Lipinski definition) is 1. The maximum Gasteiger partial charge on any atom is 0.175 e. The molecule has 0 spiro atoms. The first-order chi connectivity index (χ1) is 15.7. The van der Waals surface area contributed by atoms with Crippen LogP contribution < -0.4 is 5.32 Å². The van der Waals surface area contributed by atoms with Crippen LogP contribution in [0.15, 0.2) is 77.7 Å². The number of rotatable bonds is 5. The molecule has 1 aliphatic rings. The van der Waals surface area contributed by atoms with Crippen LogP contribution in [0.1, 0.15) is 24.5 Å². The van der Waals surface area contributed by atoms with Crippen LogP contribution in [0.5, 0.6) is 0 Å². The van der Waals surface area contributed by atoms with E-state index in [0.717, 1.165) is 16.7 Å². The third-order valence-electron chi connectivity index (χ3n) is 6.62. The Labute approximate surface area is 195 Å².